The van der Waals surface area contributed by atoms with Gasteiger partial charge >= 0.3 is 76.8 Å². The van der Waals surface area contributed by atoms with Gasteiger partial charge in [-0.15, -0.1) is 0 Å². The van der Waals surface area contributed by atoms with Crippen LogP contribution in [0.3, 0.4) is 0 Å². The number of hydrogen-bond acceptors (Lipinski definition) is 0. The van der Waals surface area contributed by atoms with E-state index in [4.69, 9.17) is 0 Å². The normalized spacial score (nSPS) is 13.6. The van der Waals surface area contributed by atoms with Crippen molar-refractivity contribution in [2.75, 3.05) is 0 Å². The number of hydrogen-bond donors (Lipinski definition) is 0. The zero-order valence-corrected chi connectivity index (χ0v) is 8.71. The second-order valence-corrected chi connectivity index (χ2v) is 3.53. The molecule has 0 saturated carbocycles. The zero-order valence-electron chi connectivity index (χ0n) is 6.97. The minimum absolute atomic E-state index is 0.295. The van der Waals surface area contributed by atoms with Crippen molar-refractivity contribution in [2.24, 2.45) is 0 Å². The SMILES string of the molecule is C/C=C/C=[CH]/[Ru]/[CH]=C/C=C/C. The van der Waals surface area contributed by atoms with Gasteiger partial charge in [-0.25, -0.2) is 0 Å². The van der Waals surface area contributed by atoms with Crippen LogP contribution in [0.2, 0.25) is 0 Å². The molecule has 0 spiro atoms. The summed E-state index contributed by atoms with van der Waals surface area (Å²) >= 11 is 0.295. The molecule has 0 nitrogen and oxygen atoms in total. The molecule has 0 rings (SSSR count). The summed E-state index contributed by atoms with van der Waals surface area (Å²) in [6.45, 7) is 4.05. The van der Waals surface area contributed by atoms with Gasteiger partial charge in [0.2, 0.25) is 0 Å². The van der Waals surface area contributed by atoms with Gasteiger partial charge in [-0.2, -0.15) is 0 Å². The van der Waals surface area contributed by atoms with Gasteiger partial charge in [-0.05, 0) is 0 Å². The van der Waals surface area contributed by atoms with Crippen molar-refractivity contribution in [1.29, 1.82) is 0 Å². The topological polar surface area (TPSA) is 0 Å². The Hall–Kier alpha value is -0.417. The third-order valence-corrected chi connectivity index (χ3v) is 2.22. The van der Waals surface area contributed by atoms with Crippen molar-refractivity contribution in [2.45, 2.75) is 13.8 Å². The van der Waals surface area contributed by atoms with E-state index in [1.807, 2.05) is 26.0 Å². The van der Waals surface area contributed by atoms with Gasteiger partial charge in [0.1, 0.15) is 0 Å². The first kappa shape index (κ1) is 10.6. The molecule has 11 heavy (non-hydrogen) atoms. The summed E-state index contributed by atoms with van der Waals surface area (Å²) in [6.07, 6.45) is 12.4. The van der Waals surface area contributed by atoms with Crippen LogP contribution in [0.4, 0.5) is 0 Å². The molecule has 0 aromatic heterocycles. The van der Waals surface area contributed by atoms with Crippen LogP contribution in [0.25, 0.3) is 0 Å². The van der Waals surface area contributed by atoms with Crippen molar-refractivity contribution in [3.8, 4) is 0 Å². The van der Waals surface area contributed by atoms with E-state index in [-0.39, 0.29) is 0 Å². The summed E-state index contributed by atoms with van der Waals surface area (Å²) in [6, 6.07) is 0. The first-order valence-electron chi connectivity index (χ1n) is 3.56. The molecule has 0 heterocycles. The van der Waals surface area contributed by atoms with Gasteiger partial charge in [0.15, 0.2) is 0 Å². The Kier molecular flexibility index (Phi) is 9.22. The molecule has 1 heteroatoms. The second-order valence-electron chi connectivity index (χ2n) is 1.79. The van der Waals surface area contributed by atoms with Gasteiger partial charge in [-0.1, -0.05) is 0 Å². The third-order valence-electron chi connectivity index (χ3n) is 0.879. The average Bonchev–Trinajstić information content (AvgIpc) is 2.03. The predicted octanol–water partition coefficient (Wildman–Crippen LogP) is 3.25. The zero-order chi connectivity index (χ0) is 8.36. The number of allylic oxidation sites excluding steroid dienone is 6. The fourth-order valence-electron chi connectivity index (χ4n) is 0.419. The summed E-state index contributed by atoms with van der Waals surface area (Å²) < 4.78 is 4.43. The fourth-order valence-corrected chi connectivity index (χ4v) is 1.38. The molecule has 0 aliphatic heterocycles. The molecule has 0 aromatic carbocycles. The van der Waals surface area contributed by atoms with Crippen LogP contribution in [0, 0.1) is 0 Å². The first-order valence-corrected chi connectivity index (χ1v) is 5.57. The van der Waals surface area contributed by atoms with Crippen LogP contribution < -0.4 is 0 Å². The third kappa shape index (κ3) is 9.58. The van der Waals surface area contributed by atoms with Gasteiger partial charge in [0.25, 0.3) is 0 Å². The molecule has 0 aliphatic rings. The van der Waals surface area contributed by atoms with E-state index < -0.39 is 0 Å². The van der Waals surface area contributed by atoms with E-state index in [9.17, 15) is 0 Å². The minimum atomic E-state index is 0.295. The van der Waals surface area contributed by atoms with Gasteiger partial charge < -0.3 is 0 Å². The van der Waals surface area contributed by atoms with E-state index in [2.05, 4.69) is 33.6 Å². The summed E-state index contributed by atoms with van der Waals surface area (Å²) in [5.41, 5.74) is 0. The van der Waals surface area contributed by atoms with E-state index >= 15 is 0 Å². The summed E-state index contributed by atoms with van der Waals surface area (Å²) in [5, 5.41) is 0. The fraction of sp³-hybridized carbons (Fsp3) is 0.200. The van der Waals surface area contributed by atoms with Crippen molar-refractivity contribution in [3.05, 3.63) is 45.8 Å². The van der Waals surface area contributed by atoms with Crippen LogP contribution in [-0.4, -0.2) is 0 Å². The van der Waals surface area contributed by atoms with Crippen molar-refractivity contribution >= 4 is 0 Å². The van der Waals surface area contributed by atoms with Crippen LogP contribution in [0.1, 0.15) is 13.8 Å². The van der Waals surface area contributed by atoms with Crippen LogP contribution >= 0.6 is 0 Å². The molecular formula is C10H14Ru. The Morgan fingerprint density at radius 1 is 0.727 bits per heavy atom. The average molecular weight is 235 g/mol. The Morgan fingerprint density at radius 3 is 1.55 bits per heavy atom. The van der Waals surface area contributed by atoms with Gasteiger partial charge in [0, 0.05) is 0 Å². The van der Waals surface area contributed by atoms with Crippen molar-refractivity contribution < 1.29 is 17.1 Å². The molecule has 0 saturated heterocycles. The molecule has 0 aliphatic carbocycles. The van der Waals surface area contributed by atoms with Crippen LogP contribution in [-0.2, 0) is 17.1 Å². The molecular weight excluding hydrogens is 221 g/mol. The molecule has 0 N–H and O–H groups in total. The van der Waals surface area contributed by atoms with E-state index in [1.54, 1.807) is 0 Å². The van der Waals surface area contributed by atoms with Crippen LogP contribution in [0.15, 0.2) is 45.8 Å². The molecule has 0 radical (unpaired) electrons. The predicted molar refractivity (Wildman–Crippen MR) is 47.9 cm³/mol. The standard InChI is InChI=1S/2C5H7.Ru/c2*1-3-5-4-2;/h2*1,3-5H,2H3;/b2*3-1?,5-4+;. The Labute approximate surface area is 77.0 Å². The molecule has 0 aromatic rings. The van der Waals surface area contributed by atoms with E-state index in [0.29, 0.717) is 17.1 Å². The van der Waals surface area contributed by atoms with Crippen LogP contribution in [0.5, 0.6) is 0 Å². The van der Waals surface area contributed by atoms with Gasteiger partial charge in [-0.3, -0.25) is 0 Å². The molecule has 0 amide bonds. The molecule has 0 unspecified atom stereocenters. The molecule has 0 fully saturated rings. The Morgan fingerprint density at radius 2 is 1.18 bits per heavy atom. The van der Waals surface area contributed by atoms with E-state index in [0.717, 1.165) is 0 Å². The Bertz CT molecular complexity index is 153. The van der Waals surface area contributed by atoms with Crippen molar-refractivity contribution in [3.63, 3.8) is 0 Å². The quantitative estimate of drug-likeness (QED) is 0.518. The maximum absolute atomic E-state index is 2.22. The second kappa shape index (κ2) is 9.58. The van der Waals surface area contributed by atoms with Gasteiger partial charge in [0.05, 0.1) is 0 Å². The number of rotatable bonds is 4. The Balaban J connectivity index is 3.40. The molecule has 0 atom stereocenters. The summed E-state index contributed by atoms with van der Waals surface area (Å²) in [4.78, 5) is 0. The molecule has 0 bridgehead atoms. The summed E-state index contributed by atoms with van der Waals surface area (Å²) in [7, 11) is 0. The maximum atomic E-state index is 2.22. The van der Waals surface area contributed by atoms with Crippen molar-refractivity contribution in [1.82, 2.24) is 0 Å². The van der Waals surface area contributed by atoms with E-state index in [1.165, 1.54) is 0 Å². The first-order chi connectivity index (χ1) is 5.41. The monoisotopic (exact) mass is 236 g/mol. The summed E-state index contributed by atoms with van der Waals surface area (Å²) in [5.74, 6) is 0. The molecule has 62 valence electrons.